The van der Waals surface area contributed by atoms with Gasteiger partial charge in [0.05, 0.1) is 58.9 Å². The zero-order chi connectivity index (χ0) is 26.7. The number of aromatic hydroxyl groups is 2. The number of benzene rings is 2. The number of carbonyl (C=O) groups excluding carboxylic acids is 2. The van der Waals surface area contributed by atoms with E-state index in [2.05, 4.69) is 10.6 Å². The lowest BCUT2D eigenvalue weighted by Crippen LogP contribution is -2.57. The van der Waals surface area contributed by atoms with Crippen LogP contribution in [0.3, 0.4) is 0 Å². The van der Waals surface area contributed by atoms with E-state index in [1.807, 2.05) is 0 Å². The molecule has 2 aromatic carbocycles. The lowest BCUT2D eigenvalue weighted by atomic mass is 9.81. The van der Waals surface area contributed by atoms with Gasteiger partial charge in [-0.3, -0.25) is 9.59 Å². The van der Waals surface area contributed by atoms with Crippen molar-refractivity contribution in [1.82, 2.24) is 0 Å². The number of quaternary nitrogens is 2. The predicted molar refractivity (Wildman–Crippen MR) is 128 cm³/mol. The number of rotatable bonds is 8. The maximum absolute atomic E-state index is 14.3. The van der Waals surface area contributed by atoms with Crippen molar-refractivity contribution in [3.63, 3.8) is 0 Å². The molecule has 0 bridgehead atoms. The third-order valence-electron chi connectivity index (χ3n) is 7.49. The smallest absolute Gasteiger partial charge is 0.205 e. The molecule has 0 amide bonds. The number of hydroxylamine groups is 6. The van der Waals surface area contributed by atoms with E-state index >= 15 is 0 Å². The van der Waals surface area contributed by atoms with E-state index < -0.39 is 45.8 Å². The molecule has 0 radical (unpaired) electrons. The Morgan fingerprint density at radius 1 is 0.784 bits per heavy atom. The molecule has 2 aliphatic heterocycles. The fourth-order valence-corrected chi connectivity index (χ4v) is 5.33. The molecule has 2 fully saturated rings. The Morgan fingerprint density at radius 3 is 1.70 bits per heavy atom. The lowest BCUT2D eigenvalue weighted by molar-refractivity contribution is -1.13. The van der Waals surface area contributed by atoms with Crippen molar-refractivity contribution >= 4 is 34.5 Å². The van der Waals surface area contributed by atoms with Crippen molar-refractivity contribution in [3.05, 3.63) is 45.0 Å². The first-order valence-electron chi connectivity index (χ1n) is 12.0. The van der Waals surface area contributed by atoms with Gasteiger partial charge < -0.3 is 20.8 Å². The minimum absolute atomic E-state index is 0.0235. The number of ketones is 2. The van der Waals surface area contributed by atoms with Crippen LogP contribution in [0.2, 0.25) is 5.02 Å². The Labute approximate surface area is 215 Å². The fourth-order valence-electron chi connectivity index (χ4n) is 5.06. The molecule has 0 atom stereocenters. The Balaban J connectivity index is 1.58. The highest BCUT2D eigenvalue weighted by atomic mass is 35.5. The summed E-state index contributed by atoms with van der Waals surface area (Å²) in [5, 5.41) is 47.2. The summed E-state index contributed by atoms with van der Waals surface area (Å²) in [6, 6.07) is 1.39. The molecular weight excluding hydrogens is 514 g/mol. The fraction of sp³-hybridized carbons (Fsp3) is 0.417. The van der Waals surface area contributed by atoms with Crippen molar-refractivity contribution in [3.8, 4) is 11.5 Å². The second-order valence-electron chi connectivity index (χ2n) is 9.86. The zero-order valence-corrected chi connectivity index (χ0v) is 20.5. The molecule has 37 heavy (non-hydrogen) atoms. The summed E-state index contributed by atoms with van der Waals surface area (Å²) in [6.07, 6.45) is 1.75. The first-order chi connectivity index (χ1) is 17.5. The Kier molecular flexibility index (Phi) is 6.28. The monoisotopic (exact) mass is 540 g/mol. The van der Waals surface area contributed by atoms with Crippen molar-refractivity contribution in [2.75, 3.05) is 63.0 Å². The van der Waals surface area contributed by atoms with Gasteiger partial charge in [0.2, 0.25) is 23.2 Å². The summed E-state index contributed by atoms with van der Waals surface area (Å²) >= 11 is 6.51. The number of carbonyl (C=O) groups is 2. The van der Waals surface area contributed by atoms with Gasteiger partial charge in [0, 0.05) is 5.69 Å². The molecule has 5 rings (SSSR count). The Hall–Kier alpha value is -3.03. The van der Waals surface area contributed by atoms with Crippen LogP contribution in [0, 0.1) is 11.6 Å². The van der Waals surface area contributed by atoms with Gasteiger partial charge >= 0.3 is 0 Å². The van der Waals surface area contributed by atoms with Crippen LogP contribution in [-0.2, 0) is 0 Å². The Bertz CT molecular complexity index is 1330. The lowest BCUT2D eigenvalue weighted by Gasteiger charge is -2.37. The van der Waals surface area contributed by atoms with E-state index in [-0.39, 0.29) is 56.5 Å². The summed E-state index contributed by atoms with van der Waals surface area (Å²) in [5.41, 5.74) is -2.11. The van der Waals surface area contributed by atoms with Crippen LogP contribution in [0.4, 0.5) is 20.2 Å². The molecule has 2 aromatic rings. The molecule has 3 aliphatic rings. The summed E-state index contributed by atoms with van der Waals surface area (Å²) in [5.74, 6) is -8.52. The largest absolute Gasteiger partial charge is 0.504 e. The van der Waals surface area contributed by atoms with Crippen molar-refractivity contribution in [1.29, 1.82) is 0 Å². The van der Waals surface area contributed by atoms with E-state index in [1.54, 1.807) is 0 Å². The molecule has 13 heteroatoms. The van der Waals surface area contributed by atoms with Crippen LogP contribution < -0.4 is 10.6 Å². The van der Waals surface area contributed by atoms with Gasteiger partial charge in [-0.05, 0) is 6.07 Å². The minimum atomic E-state index is -1.85. The predicted octanol–water partition coefficient (Wildman–Crippen LogP) is 2.85. The molecule has 0 aromatic heterocycles. The Morgan fingerprint density at radius 2 is 1.24 bits per heavy atom. The third-order valence-corrected chi connectivity index (χ3v) is 7.79. The number of nitrogens with one attached hydrogen (secondary N) is 2. The molecule has 10 nitrogen and oxygen atoms in total. The van der Waals surface area contributed by atoms with Gasteiger partial charge in [-0.15, -0.1) is 0 Å². The maximum Gasteiger partial charge on any atom is 0.205 e. The van der Waals surface area contributed by atoms with Crippen LogP contribution in [0.25, 0.3) is 0 Å². The summed E-state index contributed by atoms with van der Waals surface area (Å²) in [7, 11) is 0. The van der Waals surface area contributed by atoms with Crippen LogP contribution >= 0.6 is 11.6 Å². The van der Waals surface area contributed by atoms with Gasteiger partial charge in [0.25, 0.3) is 0 Å². The van der Waals surface area contributed by atoms with Gasteiger partial charge in [-0.2, -0.15) is 18.1 Å². The van der Waals surface area contributed by atoms with Gasteiger partial charge in [0.1, 0.15) is 39.3 Å². The third kappa shape index (κ3) is 4.18. The van der Waals surface area contributed by atoms with E-state index in [0.29, 0.717) is 32.7 Å². The number of phenols is 2. The maximum atomic E-state index is 14.3. The first-order valence-corrected chi connectivity index (χ1v) is 12.4. The normalized spacial score (nSPS) is 18.9. The summed E-state index contributed by atoms with van der Waals surface area (Å²) in [6.45, 7) is 3.25. The SMILES string of the molecule is O=C1c2c(NCC[N+]3(O)CCC3)cc(Cl)c(NCC[N+]3(O)CCC3)c2C(=O)c2c(O)c(F)c(F)c(O)c21. The quantitative estimate of drug-likeness (QED) is 0.189. The second-order valence-corrected chi connectivity index (χ2v) is 10.3. The van der Waals surface area contributed by atoms with Crippen molar-refractivity contribution in [2.24, 2.45) is 0 Å². The molecule has 2 saturated heterocycles. The molecule has 1 aliphatic carbocycles. The highest BCUT2D eigenvalue weighted by molar-refractivity contribution is 6.39. The second kappa shape index (κ2) is 9.07. The first kappa shape index (κ1) is 25.6. The molecule has 0 spiro atoms. The van der Waals surface area contributed by atoms with Crippen molar-refractivity contribution < 1.29 is 48.3 Å². The molecule has 0 saturated carbocycles. The van der Waals surface area contributed by atoms with Gasteiger partial charge in [-0.25, -0.2) is 10.4 Å². The topological polar surface area (TPSA) is 139 Å². The molecular formula is C24H27ClF2N4O6+2. The van der Waals surface area contributed by atoms with Crippen LogP contribution in [0.15, 0.2) is 6.07 Å². The zero-order valence-electron chi connectivity index (χ0n) is 19.8. The number of halogens is 3. The van der Waals surface area contributed by atoms with E-state index in [0.717, 1.165) is 12.8 Å². The van der Waals surface area contributed by atoms with E-state index in [9.17, 15) is 39.0 Å². The highest BCUT2D eigenvalue weighted by Crippen LogP contribution is 2.46. The molecule has 198 valence electrons. The average Bonchev–Trinajstić information content (AvgIpc) is 2.82. The molecule has 0 unspecified atom stereocenters. The number of nitrogens with zero attached hydrogens (tertiary/aromatic N) is 2. The van der Waals surface area contributed by atoms with E-state index in [4.69, 9.17) is 11.6 Å². The molecule has 6 N–H and O–H groups in total. The number of likely N-dealkylation sites (tertiary alicyclic amines) is 2. The highest BCUT2D eigenvalue weighted by Gasteiger charge is 2.42. The summed E-state index contributed by atoms with van der Waals surface area (Å²) < 4.78 is 28.2. The number of hydrogen-bond acceptors (Lipinski definition) is 8. The van der Waals surface area contributed by atoms with E-state index in [1.165, 1.54) is 6.07 Å². The van der Waals surface area contributed by atoms with Crippen LogP contribution in [0.1, 0.15) is 44.7 Å². The number of hydrogen-bond donors (Lipinski definition) is 6. The number of anilines is 2. The van der Waals surface area contributed by atoms with Crippen LogP contribution in [0.5, 0.6) is 11.5 Å². The standard InChI is InChI=1S/C24H25ClF2N4O6/c25-12-11-13(28-3-9-30(36)5-1-6-30)14-15(20(12)29-4-10-31(37)7-2-8-31)22(33)17-16(21(14)32)23(34)18(26)19(27)24(17)35/h11,36-37H,1-10H2,(H2-2,28,29,32,33,34,35)/p+2. The van der Waals surface area contributed by atoms with Crippen LogP contribution in [-0.4, -0.2) is 93.8 Å². The van der Waals surface area contributed by atoms with Gasteiger partial charge in [-0.1, -0.05) is 11.6 Å². The average molecular weight is 541 g/mol. The number of fused-ring (bicyclic) bond motifs is 2. The number of phenolic OH excluding ortho intramolecular Hbond substituents is 2. The van der Waals surface area contributed by atoms with Gasteiger partial charge in [0.15, 0.2) is 11.5 Å². The summed E-state index contributed by atoms with van der Waals surface area (Å²) in [4.78, 5) is 27.2. The molecule has 2 heterocycles. The van der Waals surface area contributed by atoms with Crippen molar-refractivity contribution in [2.45, 2.75) is 12.8 Å². The minimum Gasteiger partial charge on any atom is -0.504 e.